The molecule has 2 heterocycles. The second-order valence-corrected chi connectivity index (χ2v) is 7.81. The highest BCUT2D eigenvalue weighted by molar-refractivity contribution is 7.19. The fourth-order valence-corrected chi connectivity index (χ4v) is 4.06. The Bertz CT molecular complexity index is 1360. The van der Waals surface area contributed by atoms with Crippen molar-refractivity contribution in [3.63, 3.8) is 0 Å². The largest absolute Gasteiger partial charge is 0.418 e. The van der Waals surface area contributed by atoms with E-state index in [1.807, 2.05) is 31.2 Å². The molecule has 11 heteroatoms. The summed E-state index contributed by atoms with van der Waals surface area (Å²) in [4.78, 5) is 29.3. The van der Waals surface area contributed by atoms with Crippen molar-refractivity contribution >= 4 is 28.0 Å². The molecule has 0 aliphatic carbocycles. The van der Waals surface area contributed by atoms with Gasteiger partial charge in [-0.1, -0.05) is 47.7 Å². The Kier molecular flexibility index (Phi) is 5.66. The summed E-state index contributed by atoms with van der Waals surface area (Å²) in [7, 11) is 0. The molecule has 2 N–H and O–H groups in total. The number of fused-ring (bicyclic) bond motifs is 1. The normalized spacial score (nSPS) is 11.5. The minimum Gasteiger partial charge on any atom is -0.332 e. The standard InChI is InChI=1S/C21H16F3N5O2S/c1-12-6-2-3-7-14(12)18-28-29-17(30)10-13(26-20(29)32-18)11-25-19(31)27-16-9-5-4-8-15(16)21(22,23)24/h2-10H,11H2,1H3,(H2,25,27,31). The average molecular weight is 459 g/mol. The molecular formula is C21H16F3N5O2S. The minimum atomic E-state index is -4.61. The molecule has 7 nitrogen and oxygen atoms in total. The predicted octanol–water partition coefficient (Wildman–Crippen LogP) is 4.47. The second-order valence-electron chi connectivity index (χ2n) is 6.85. The molecule has 164 valence electrons. The van der Waals surface area contributed by atoms with Gasteiger partial charge < -0.3 is 10.6 Å². The predicted molar refractivity (Wildman–Crippen MR) is 115 cm³/mol. The lowest BCUT2D eigenvalue weighted by Gasteiger charge is -2.13. The highest BCUT2D eigenvalue weighted by Gasteiger charge is 2.33. The molecular weight excluding hydrogens is 443 g/mol. The smallest absolute Gasteiger partial charge is 0.332 e. The molecule has 32 heavy (non-hydrogen) atoms. The van der Waals surface area contributed by atoms with Crippen LogP contribution in [0.2, 0.25) is 0 Å². The maximum absolute atomic E-state index is 13.1. The van der Waals surface area contributed by atoms with Crippen LogP contribution < -0.4 is 16.2 Å². The van der Waals surface area contributed by atoms with Crippen molar-refractivity contribution in [1.29, 1.82) is 0 Å². The van der Waals surface area contributed by atoms with Gasteiger partial charge in [0.25, 0.3) is 5.56 Å². The lowest BCUT2D eigenvalue weighted by molar-refractivity contribution is -0.136. The Labute approximate surface area is 183 Å². The van der Waals surface area contributed by atoms with E-state index in [1.54, 1.807) is 0 Å². The number of alkyl halides is 3. The number of hydrogen-bond acceptors (Lipinski definition) is 5. The van der Waals surface area contributed by atoms with Crippen molar-refractivity contribution in [2.24, 2.45) is 0 Å². The van der Waals surface area contributed by atoms with Crippen molar-refractivity contribution in [3.8, 4) is 10.6 Å². The number of rotatable bonds is 4. The number of nitrogens with zero attached hydrogens (tertiary/aromatic N) is 3. The lowest BCUT2D eigenvalue weighted by Crippen LogP contribution is -2.30. The zero-order valence-electron chi connectivity index (χ0n) is 16.6. The number of carbonyl (C=O) groups excluding carboxylic acids is 1. The molecule has 0 radical (unpaired) electrons. The average Bonchev–Trinajstić information content (AvgIpc) is 3.17. The minimum absolute atomic E-state index is 0.149. The van der Waals surface area contributed by atoms with Crippen LogP contribution in [0.4, 0.5) is 23.7 Å². The van der Waals surface area contributed by atoms with Crippen LogP contribution in [0.15, 0.2) is 59.4 Å². The van der Waals surface area contributed by atoms with Gasteiger partial charge in [0.05, 0.1) is 23.5 Å². The molecule has 0 spiro atoms. The number of urea groups is 1. The molecule has 2 aromatic carbocycles. The highest BCUT2D eigenvalue weighted by atomic mass is 32.1. The van der Waals surface area contributed by atoms with Crippen molar-refractivity contribution in [3.05, 3.63) is 81.8 Å². The van der Waals surface area contributed by atoms with Gasteiger partial charge in [-0.15, -0.1) is 0 Å². The molecule has 0 fully saturated rings. The van der Waals surface area contributed by atoms with Gasteiger partial charge in [-0.05, 0) is 24.6 Å². The van der Waals surface area contributed by atoms with Gasteiger partial charge in [0.2, 0.25) is 4.96 Å². The maximum Gasteiger partial charge on any atom is 0.418 e. The van der Waals surface area contributed by atoms with Crippen molar-refractivity contribution in [1.82, 2.24) is 19.9 Å². The van der Waals surface area contributed by atoms with E-state index in [0.717, 1.165) is 23.3 Å². The Balaban J connectivity index is 1.51. The molecule has 2 aromatic heterocycles. The molecule has 0 aliphatic rings. The quantitative estimate of drug-likeness (QED) is 0.472. The van der Waals surface area contributed by atoms with Crippen molar-refractivity contribution < 1.29 is 18.0 Å². The van der Waals surface area contributed by atoms with E-state index in [9.17, 15) is 22.8 Å². The van der Waals surface area contributed by atoms with Gasteiger partial charge in [-0.3, -0.25) is 4.79 Å². The van der Waals surface area contributed by atoms with Crippen LogP contribution in [-0.2, 0) is 12.7 Å². The van der Waals surface area contributed by atoms with Gasteiger partial charge in [-0.25, -0.2) is 9.78 Å². The molecule has 0 saturated carbocycles. The summed E-state index contributed by atoms with van der Waals surface area (Å²) in [5.74, 6) is 0. The zero-order chi connectivity index (χ0) is 22.9. The third kappa shape index (κ3) is 4.47. The number of anilines is 1. The zero-order valence-corrected chi connectivity index (χ0v) is 17.4. The van der Waals surface area contributed by atoms with Crippen LogP contribution in [-0.4, -0.2) is 20.6 Å². The fraction of sp³-hybridized carbons (Fsp3) is 0.143. The highest BCUT2D eigenvalue weighted by Crippen LogP contribution is 2.34. The summed E-state index contributed by atoms with van der Waals surface area (Å²) in [6.07, 6.45) is -4.61. The van der Waals surface area contributed by atoms with Gasteiger partial charge in [0, 0.05) is 11.6 Å². The number of nitrogens with one attached hydrogen (secondary N) is 2. The maximum atomic E-state index is 13.1. The summed E-state index contributed by atoms with van der Waals surface area (Å²) < 4.78 is 40.4. The topological polar surface area (TPSA) is 88.4 Å². The summed E-state index contributed by atoms with van der Waals surface area (Å²) >= 11 is 1.22. The van der Waals surface area contributed by atoms with Crippen LogP contribution in [0.3, 0.4) is 0 Å². The van der Waals surface area contributed by atoms with Crippen LogP contribution in [0.25, 0.3) is 15.5 Å². The number of hydrogen-bond donors (Lipinski definition) is 2. The molecule has 0 atom stereocenters. The number of amides is 2. The number of aryl methyl sites for hydroxylation is 1. The third-order valence-corrected chi connectivity index (χ3v) is 5.53. The van der Waals surface area contributed by atoms with E-state index >= 15 is 0 Å². The second kappa shape index (κ2) is 8.42. The molecule has 0 saturated heterocycles. The summed E-state index contributed by atoms with van der Waals surface area (Å²) in [6.45, 7) is 1.78. The van der Waals surface area contributed by atoms with Crippen LogP contribution in [0, 0.1) is 6.92 Å². The van der Waals surface area contributed by atoms with Gasteiger partial charge in [0.15, 0.2) is 0 Å². The molecule has 0 bridgehead atoms. The summed E-state index contributed by atoms with van der Waals surface area (Å²) in [6, 6.07) is 12.6. The Morgan fingerprint density at radius 2 is 1.84 bits per heavy atom. The van der Waals surface area contributed by atoms with Crippen LogP contribution in [0.1, 0.15) is 16.8 Å². The number of halogens is 3. The van der Waals surface area contributed by atoms with E-state index in [1.165, 1.54) is 34.1 Å². The molecule has 4 aromatic rings. The molecule has 2 amide bonds. The SMILES string of the molecule is Cc1ccccc1-c1nn2c(=O)cc(CNC(=O)Nc3ccccc3C(F)(F)F)nc2s1. The summed E-state index contributed by atoms with van der Waals surface area (Å²) in [5, 5.41) is 9.55. The first-order valence-electron chi connectivity index (χ1n) is 9.39. The van der Waals surface area contributed by atoms with E-state index in [0.29, 0.717) is 9.97 Å². The number of para-hydroxylation sites is 1. The van der Waals surface area contributed by atoms with Crippen LogP contribution >= 0.6 is 11.3 Å². The van der Waals surface area contributed by atoms with Gasteiger partial charge in [0.1, 0.15) is 5.01 Å². The van der Waals surface area contributed by atoms with E-state index < -0.39 is 23.3 Å². The van der Waals surface area contributed by atoms with Gasteiger partial charge in [-0.2, -0.15) is 22.8 Å². The van der Waals surface area contributed by atoms with Crippen LogP contribution in [0.5, 0.6) is 0 Å². The van der Waals surface area contributed by atoms with Gasteiger partial charge >= 0.3 is 12.2 Å². The Morgan fingerprint density at radius 1 is 1.12 bits per heavy atom. The van der Waals surface area contributed by atoms with E-state index in [-0.39, 0.29) is 17.9 Å². The van der Waals surface area contributed by atoms with Crippen molar-refractivity contribution in [2.75, 3.05) is 5.32 Å². The number of aromatic nitrogens is 3. The fourth-order valence-electron chi connectivity index (χ4n) is 3.05. The number of carbonyl (C=O) groups is 1. The Morgan fingerprint density at radius 3 is 2.59 bits per heavy atom. The molecule has 0 unspecified atom stereocenters. The monoisotopic (exact) mass is 459 g/mol. The first-order valence-corrected chi connectivity index (χ1v) is 10.2. The lowest BCUT2D eigenvalue weighted by atomic mass is 10.1. The number of benzene rings is 2. The Hall–Kier alpha value is -3.73. The molecule has 0 aliphatic heterocycles. The molecule has 4 rings (SSSR count). The summed E-state index contributed by atoms with van der Waals surface area (Å²) in [5.41, 5.74) is 0.384. The first kappa shape index (κ1) is 21.5. The third-order valence-electron chi connectivity index (χ3n) is 4.58. The van der Waals surface area contributed by atoms with E-state index in [4.69, 9.17) is 0 Å². The van der Waals surface area contributed by atoms with Crippen molar-refractivity contribution in [2.45, 2.75) is 19.6 Å². The van der Waals surface area contributed by atoms with E-state index in [2.05, 4.69) is 20.7 Å². The first-order chi connectivity index (χ1) is 15.2.